The average Bonchev–Trinajstić information content (AvgIpc) is 2.59. The van der Waals surface area contributed by atoms with Crippen LogP contribution < -0.4 is 5.32 Å². The zero-order chi connectivity index (χ0) is 21.5. The molecule has 1 heterocycles. The SMILES string of the molecule is CN=C(NCC1(c2cccc(C(F)(F)F)c2)CCC1)N1CCS(=O)(=O)C(C)(C)C1. The number of halogens is 3. The molecule has 0 spiro atoms. The molecule has 1 aliphatic heterocycles. The predicted molar refractivity (Wildman–Crippen MR) is 108 cm³/mol. The van der Waals surface area contributed by atoms with Gasteiger partial charge in [-0.15, -0.1) is 0 Å². The first kappa shape index (κ1) is 21.9. The number of sulfone groups is 1. The fourth-order valence-corrected chi connectivity index (χ4v) is 5.47. The molecule has 2 aliphatic rings. The van der Waals surface area contributed by atoms with Crippen LogP contribution in [-0.2, 0) is 21.4 Å². The Hall–Kier alpha value is -1.77. The first-order chi connectivity index (χ1) is 13.4. The molecule has 0 radical (unpaired) electrons. The molecule has 0 aromatic heterocycles. The summed E-state index contributed by atoms with van der Waals surface area (Å²) in [6.45, 7) is 4.55. The second-order valence-corrected chi connectivity index (χ2v) is 11.4. The van der Waals surface area contributed by atoms with E-state index in [1.807, 2.05) is 4.90 Å². The second-order valence-electron chi connectivity index (χ2n) is 8.61. The van der Waals surface area contributed by atoms with Crippen LogP contribution in [0.1, 0.15) is 44.2 Å². The van der Waals surface area contributed by atoms with Crippen LogP contribution in [0, 0.1) is 0 Å². The van der Waals surface area contributed by atoms with Crippen molar-refractivity contribution in [3.63, 3.8) is 0 Å². The summed E-state index contributed by atoms with van der Waals surface area (Å²) in [6, 6.07) is 5.57. The summed E-state index contributed by atoms with van der Waals surface area (Å²) in [5.41, 5.74) is -0.314. The molecule has 1 aromatic carbocycles. The van der Waals surface area contributed by atoms with Gasteiger partial charge in [0.1, 0.15) is 0 Å². The first-order valence-corrected chi connectivity index (χ1v) is 11.4. The first-order valence-electron chi connectivity index (χ1n) is 9.76. The lowest BCUT2D eigenvalue weighted by Gasteiger charge is -2.44. The van der Waals surface area contributed by atoms with Gasteiger partial charge in [-0.3, -0.25) is 4.99 Å². The molecule has 1 aliphatic carbocycles. The lowest BCUT2D eigenvalue weighted by Crippen LogP contribution is -2.58. The van der Waals surface area contributed by atoms with Crippen molar-refractivity contribution >= 4 is 15.8 Å². The van der Waals surface area contributed by atoms with E-state index >= 15 is 0 Å². The highest BCUT2D eigenvalue weighted by Crippen LogP contribution is 2.44. The molecular weight excluding hydrogens is 403 g/mol. The van der Waals surface area contributed by atoms with Crippen LogP contribution in [-0.4, -0.2) is 56.5 Å². The summed E-state index contributed by atoms with van der Waals surface area (Å²) in [5, 5.41) is 3.30. The number of benzene rings is 1. The van der Waals surface area contributed by atoms with Crippen molar-refractivity contribution < 1.29 is 21.6 Å². The zero-order valence-corrected chi connectivity index (χ0v) is 17.8. The van der Waals surface area contributed by atoms with Gasteiger partial charge in [-0.25, -0.2) is 8.42 Å². The van der Waals surface area contributed by atoms with Crippen molar-refractivity contribution in [2.75, 3.05) is 32.4 Å². The van der Waals surface area contributed by atoms with Crippen LogP contribution in [0.4, 0.5) is 13.2 Å². The average molecular weight is 432 g/mol. The van der Waals surface area contributed by atoms with E-state index in [0.29, 0.717) is 31.2 Å². The molecule has 162 valence electrons. The fourth-order valence-electron chi connectivity index (χ4n) is 4.10. The lowest BCUT2D eigenvalue weighted by atomic mass is 9.64. The van der Waals surface area contributed by atoms with Crippen molar-refractivity contribution in [3.8, 4) is 0 Å². The van der Waals surface area contributed by atoms with Crippen molar-refractivity contribution in [1.29, 1.82) is 0 Å². The van der Waals surface area contributed by atoms with Gasteiger partial charge in [0.2, 0.25) is 0 Å². The Morgan fingerprint density at radius 3 is 2.48 bits per heavy atom. The molecule has 0 bridgehead atoms. The second kappa shape index (κ2) is 7.49. The van der Waals surface area contributed by atoms with Gasteiger partial charge in [-0.1, -0.05) is 24.6 Å². The molecule has 29 heavy (non-hydrogen) atoms. The van der Waals surface area contributed by atoms with Gasteiger partial charge < -0.3 is 10.2 Å². The van der Waals surface area contributed by atoms with Crippen LogP contribution in [0.2, 0.25) is 0 Å². The van der Waals surface area contributed by atoms with E-state index < -0.39 is 26.3 Å². The molecule has 1 N–H and O–H groups in total. The summed E-state index contributed by atoms with van der Waals surface area (Å²) >= 11 is 0. The molecule has 2 fully saturated rings. The maximum Gasteiger partial charge on any atom is 0.416 e. The van der Waals surface area contributed by atoms with Gasteiger partial charge in [0.05, 0.1) is 16.1 Å². The number of hydrogen-bond donors (Lipinski definition) is 1. The Morgan fingerprint density at radius 1 is 1.28 bits per heavy atom. The number of alkyl halides is 3. The van der Waals surface area contributed by atoms with Gasteiger partial charge in [0.15, 0.2) is 15.8 Å². The topological polar surface area (TPSA) is 61.8 Å². The summed E-state index contributed by atoms with van der Waals surface area (Å²) in [7, 11) is -1.53. The highest BCUT2D eigenvalue weighted by atomic mass is 32.2. The highest BCUT2D eigenvalue weighted by Gasteiger charge is 2.43. The number of rotatable bonds is 3. The van der Waals surface area contributed by atoms with Gasteiger partial charge >= 0.3 is 6.18 Å². The third kappa shape index (κ3) is 4.25. The molecule has 1 saturated carbocycles. The summed E-state index contributed by atoms with van der Waals surface area (Å²) in [6.07, 6.45) is -1.79. The Bertz CT molecular complexity index is 890. The van der Waals surface area contributed by atoms with E-state index in [4.69, 9.17) is 0 Å². The number of guanidine groups is 1. The quantitative estimate of drug-likeness (QED) is 0.590. The molecule has 0 atom stereocenters. The van der Waals surface area contributed by atoms with Crippen LogP contribution >= 0.6 is 0 Å². The minimum atomic E-state index is -4.37. The minimum Gasteiger partial charge on any atom is -0.355 e. The summed E-state index contributed by atoms with van der Waals surface area (Å²) in [4.78, 5) is 6.21. The van der Waals surface area contributed by atoms with Crippen molar-refractivity contribution in [3.05, 3.63) is 35.4 Å². The third-order valence-electron chi connectivity index (χ3n) is 6.25. The Labute approximate surface area is 170 Å². The molecule has 5 nitrogen and oxygen atoms in total. The smallest absolute Gasteiger partial charge is 0.355 e. The molecule has 9 heteroatoms. The van der Waals surface area contributed by atoms with Crippen LogP contribution in [0.5, 0.6) is 0 Å². The van der Waals surface area contributed by atoms with Crippen LogP contribution in [0.15, 0.2) is 29.3 Å². The van der Waals surface area contributed by atoms with Gasteiger partial charge in [0.25, 0.3) is 0 Å². The van der Waals surface area contributed by atoms with E-state index in [-0.39, 0.29) is 11.2 Å². The molecule has 1 saturated heterocycles. The van der Waals surface area contributed by atoms with Crippen LogP contribution in [0.3, 0.4) is 0 Å². The Balaban J connectivity index is 1.75. The Morgan fingerprint density at radius 2 is 1.97 bits per heavy atom. The molecular formula is C20H28F3N3O2S. The molecule has 0 amide bonds. The zero-order valence-electron chi connectivity index (χ0n) is 17.0. The van der Waals surface area contributed by atoms with E-state index in [1.165, 1.54) is 12.1 Å². The van der Waals surface area contributed by atoms with Gasteiger partial charge in [-0.05, 0) is 38.3 Å². The Kier molecular flexibility index (Phi) is 5.66. The number of aliphatic imine (C=N–C) groups is 1. The normalized spacial score (nSPS) is 23.4. The number of hydrogen-bond acceptors (Lipinski definition) is 3. The molecule has 0 unspecified atom stereocenters. The van der Waals surface area contributed by atoms with Gasteiger partial charge in [0, 0.05) is 32.1 Å². The summed E-state index contributed by atoms with van der Waals surface area (Å²) in [5.74, 6) is 0.644. The van der Waals surface area contributed by atoms with E-state index in [2.05, 4.69) is 10.3 Å². The van der Waals surface area contributed by atoms with Gasteiger partial charge in [-0.2, -0.15) is 13.2 Å². The van der Waals surface area contributed by atoms with E-state index in [9.17, 15) is 21.6 Å². The molecule has 1 aromatic rings. The largest absolute Gasteiger partial charge is 0.416 e. The maximum absolute atomic E-state index is 13.1. The van der Waals surface area contributed by atoms with Crippen molar-refractivity contribution in [1.82, 2.24) is 10.2 Å². The standard InChI is InChI=1S/C20H28F3N3O2S/c1-18(2)14-26(10-11-29(18,27)28)17(24-3)25-13-19(8-5-9-19)15-6-4-7-16(12-15)20(21,22)23/h4,6-7,12H,5,8-11,13-14H2,1-3H3,(H,24,25). The highest BCUT2D eigenvalue weighted by molar-refractivity contribution is 7.92. The number of nitrogens with one attached hydrogen (secondary N) is 1. The van der Waals surface area contributed by atoms with Crippen molar-refractivity contribution in [2.45, 2.75) is 49.4 Å². The fraction of sp³-hybridized carbons (Fsp3) is 0.650. The lowest BCUT2D eigenvalue weighted by molar-refractivity contribution is -0.137. The van der Waals surface area contributed by atoms with Crippen LogP contribution in [0.25, 0.3) is 0 Å². The summed E-state index contributed by atoms with van der Waals surface area (Å²) < 4.78 is 63.0. The van der Waals surface area contributed by atoms with E-state index in [1.54, 1.807) is 27.0 Å². The molecule has 3 rings (SSSR count). The predicted octanol–water partition coefficient (Wildman–Crippen LogP) is 3.21. The third-order valence-corrected chi connectivity index (χ3v) is 8.79. The minimum absolute atomic E-state index is 0.0550. The van der Waals surface area contributed by atoms with Crippen molar-refractivity contribution in [2.24, 2.45) is 4.99 Å². The number of nitrogens with zero attached hydrogens (tertiary/aromatic N) is 2. The van der Waals surface area contributed by atoms with E-state index in [0.717, 1.165) is 25.3 Å². The maximum atomic E-state index is 13.1. The monoisotopic (exact) mass is 431 g/mol.